The van der Waals surface area contributed by atoms with E-state index in [1.54, 1.807) is 0 Å². The second-order valence-corrected chi connectivity index (χ2v) is 9.93. The van der Waals surface area contributed by atoms with Gasteiger partial charge < -0.3 is 39.7 Å². The number of phenolic OH excluding ortho intramolecular Hbond substituents is 6. The first-order valence-electron chi connectivity index (χ1n) is 11.5. The first-order valence-corrected chi connectivity index (χ1v) is 12.5. The molecule has 0 aromatic heterocycles. The van der Waals surface area contributed by atoms with Crippen LogP contribution in [0.3, 0.4) is 0 Å². The summed E-state index contributed by atoms with van der Waals surface area (Å²) in [7, 11) is 0. The van der Waals surface area contributed by atoms with Gasteiger partial charge in [0.2, 0.25) is 5.43 Å². The quantitative estimate of drug-likeness (QED) is 0.0687. The van der Waals surface area contributed by atoms with E-state index in [-0.39, 0.29) is 60.3 Å². The fourth-order valence-electron chi connectivity index (χ4n) is 6.30. The molecule has 0 saturated carbocycles. The minimum Gasteiger partial charge on any atom is -0.784 e. The fourth-order valence-corrected chi connectivity index (χ4v) is 6.30. The highest BCUT2D eigenvalue weighted by Crippen LogP contribution is 2.57. The smallest absolute Gasteiger partial charge is 0.228 e. The van der Waals surface area contributed by atoms with Crippen LogP contribution in [0.25, 0.3) is 75.4 Å². The third-order valence-corrected chi connectivity index (χ3v) is 7.59. The second-order valence-electron chi connectivity index (χ2n) is 9.52. The molecule has 0 atom stereocenters. The summed E-state index contributed by atoms with van der Waals surface area (Å²) in [6.45, 7) is 0. The molecule has 0 amide bonds. The number of hydrogen-bond donors (Lipinski definition) is 6. The van der Waals surface area contributed by atoms with Gasteiger partial charge in [-0.05, 0) is 47.2 Å². The highest BCUT2D eigenvalue weighted by molar-refractivity contribution is 7.72. The number of benzene rings is 8. The summed E-state index contributed by atoms with van der Waals surface area (Å²) in [6.07, 6.45) is 0. The molecule has 0 aliphatic carbocycles. The van der Waals surface area contributed by atoms with Crippen molar-refractivity contribution in [3.63, 3.8) is 0 Å². The Morgan fingerprint density at radius 2 is 0.900 bits per heavy atom. The van der Waals surface area contributed by atoms with Crippen LogP contribution in [-0.4, -0.2) is 44.0 Å². The molecule has 198 valence electrons. The van der Waals surface area contributed by atoms with E-state index in [0.29, 0.717) is 32.3 Å². The van der Waals surface area contributed by atoms with Gasteiger partial charge in [0.25, 0.3) is 0 Å². The lowest BCUT2D eigenvalue weighted by molar-refractivity contribution is 0.408. The lowest BCUT2D eigenvalue weighted by Gasteiger charge is -2.24. The van der Waals surface area contributed by atoms with Crippen molar-refractivity contribution in [3.8, 4) is 34.5 Å². The van der Waals surface area contributed by atoms with Gasteiger partial charge in [-0.2, -0.15) is 0 Å². The molecular formula is C28H12O11S-2. The van der Waals surface area contributed by atoms with Gasteiger partial charge in [-0.1, -0.05) is 0 Å². The van der Waals surface area contributed by atoms with Crippen molar-refractivity contribution in [3.05, 3.63) is 56.8 Å². The van der Waals surface area contributed by atoms with Gasteiger partial charge in [-0.15, -0.1) is 11.4 Å². The monoisotopic (exact) mass is 556 g/mol. The molecule has 11 nitrogen and oxygen atoms in total. The zero-order valence-electron chi connectivity index (χ0n) is 19.6. The van der Waals surface area contributed by atoms with Crippen LogP contribution in [-0.2, 0) is 11.4 Å². The summed E-state index contributed by atoms with van der Waals surface area (Å²) < 4.78 is 25.3. The molecule has 0 spiro atoms. The highest BCUT2D eigenvalue weighted by Gasteiger charge is 2.30. The van der Waals surface area contributed by atoms with Gasteiger partial charge in [0.15, 0.2) is 22.7 Å². The van der Waals surface area contributed by atoms with E-state index in [9.17, 15) is 40.2 Å². The minimum absolute atomic E-state index is 0.0859. The third-order valence-electron chi connectivity index (χ3n) is 7.59. The van der Waals surface area contributed by atoms with Crippen molar-refractivity contribution in [1.29, 1.82) is 0 Å². The largest absolute Gasteiger partial charge is 0.784 e. The number of phenols is 6. The third kappa shape index (κ3) is 2.71. The first-order chi connectivity index (χ1) is 18.9. The molecule has 0 fully saturated rings. The molecule has 0 aliphatic rings. The molecule has 0 bridgehead atoms. The van der Waals surface area contributed by atoms with E-state index >= 15 is 0 Å². The van der Waals surface area contributed by atoms with E-state index in [1.165, 1.54) is 30.3 Å². The van der Waals surface area contributed by atoms with E-state index in [1.807, 2.05) is 0 Å². The average molecular weight is 556 g/mol. The van der Waals surface area contributed by atoms with Gasteiger partial charge in [-0.3, -0.25) is 13.8 Å². The molecule has 0 heterocycles. The Labute approximate surface area is 222 Å². The van der Waals surface area contributed by atoms with Crippen LogP contribution in [0.4, 0.5) is 0 Å². The molecule has 8 aromatic carbocycles. The summed E-state index contributed by atoms with van der Waals surface area (Å²) in [5, 5.41) is 68.8. The lowest BCUT2D eigenvalue weighted by atomic mass is 9.79. The van der Waals surface area contributed by atoms with Crippen molar-refractivity contribution in [1.82, 2.24) is 0 Å². The van der Waals surface area contributed by atoms with Crippen LogP contribution in [0.2, 0.25) is 0 Å². The molecule has 40 heavy (non-hydrogen) atoms. The molecule has 8 aromatic rings. The van der Waals surface area contributed by atoms with Gasteiger partial charge in [0, 0.05) is 64.6 Å². The maximum atomic E-state index is 13.3. The molecule has 6 N–H and O–H groups in total. The van der Waals surface area contributed by atoms with Gasteiger partial charge in [0.1, 0.15) is 17.2 Å². The maximum absolute atomic E-state index is 13.3. The van der Waals surface area contributed by atoms with Crippen molar-refractivity contribution >= 4 is 86.8 Å². The topological polar surface area (TPSA) is 219 Å². The SMILES string of the molecule is O=S([O-])[O-].O=c1cc2c(O)c3cc(O)c(=O)c4c5c(O)c(O)cc6c(O)c7cc(O)cc8c(c1)c2c(c34)c(c78)c65. The van der Waals surface area contributed by atoms with Crippen LogP contribution >= 0.6 is 0 Å². The Morgan fingerprint density at radius 1 is 0.475 bits per heavy atom. The normalized spacial score (nSPS) is 12.4. The minimum atomic E-state index is -3.11. The van der Waals surface area contributed by atoms with Crippen molar-refractivity contribution < 1.29 is 44.0 Å². The Kier molecular flexibility index (Phi) is 4.47. The number of aromatic hydroxyl groups is 6. The molecular weight excluding hydrogens is 544 g/mol. The maximum Gasteiger partial charge on any atom is 0.228 e. The summed E-state index contributed by atoms with van der Waals surface area (Å²) in [4.78, 5) is 26.1. The number of rotatable bonds is 0. The Morgan fingerprint density at radius 3 is 1.50 bits per heavy atom. The van der Waals surface area contributed by atoms with Crippen LogP contribution < -0.4 is 10.9 Å². The van der Waals surface area contributed by atoms with Crippen molar-refractivity contribution in [2.45, 2.75) is 0 Å². The predicted molar refractivity (Wildman–Crippen MR) is 146 cm³/mol. The molecule has 12 heteroatoms. The number of fused-ring (bicyclic) bond motifs is 2. The number of hydrogen-bond acceptors (Lipinski definition) is 11. The van der Waals surface area contributed by atoms with E-state index in [4.69, 9.17) is 13.3 Å². The summed E-state index contributed by atoms with van der Waals surface area (Å²) in [5.74, 6) is -2.73. The molecule has 0 unspecified atom stereocenters. The van der Waals surface area contributed by atoms with Gasteiger partial charge >= 0.3 is 0 Å². The summed E-state index contributed by atoms with van der Waals surface area (Å²) in [6, 6.07) is 7.73. The van der Waals surface area contributed by atoms with Gasteiger partial charge in [-0.25, -0.2) is 0 Å². The Bertz CT molecular complexity index is 2520. The first kappa shape index (κ1) is 23.9. The zero-order chi connectivity index (χ0) is 28.5. The van der Waals surface area contributed by atoms with E-state index in [2.05, 4.69) is 0 Å². The van der Waals surface area contributed by atoms with Crippen LogP contribution in [0.1, 0.15) is 0 Å². The Balaban J connectivity index is 0.000000623. The Hall–Kier alpha value is -5.17. The zero-order valence-corrected chi connectivity index (χ0v) is 20.4. The molecule has 8 rings (SSSR count). The van der Waals surface area contributed by atoms with Crippen LogP contribution in [0, 0.1) is 0 Å². The average Bonchev–Trinajstić information content (AvgIpc) is 2.88. The van der Waals surface area contributed by atoms with Crippen molar-refractivity contribution in [2.24, 2.45) is 0 Å². The van der Waals surface area contributed by atoms with E-state index < -0.39 is 39.5 Å². The summed E-state index contributed by atoms with van der Waals surface area (Å²) in [5.41, 5.74) is -1.24. The van der Waals surface area contributed by atoms with E-state index in [0.717, 1.165) is 6.07 Å². The second kappa shape index (κ2) is 7.48. The molecule has 0 aliphatic heterocycles. The van der Waals surface area contributed by atoms with Crippen LogP contribution in [0.15, 0.2) is 46.0 Å². The molecule has 0 radical (unpaired) electrons. The fraction of sp³-hybridized carbons (Fsp3) is 0. The molecule has 0 saturated heterocycles. The van der Waals surface area contributed by atoms with Gasteiger partial charge in [0.05, 0.1) is 0 Å². The summed E-state index contributed by atoms with van der Waals surface area (Å²) >= 11 is -3.11. The standard InChI is InChI=1S/C28H12O8.H2O3S/c29-7-1-9-10-2-8(30)4-12-18(10)22-20-14(26(12)34)6-16(32)28(36)24(20)23-19-13(5-15(31)27(23)35)25(33)11(3-7)17(9)21(19)22;1-4(2)3/h1-6,29,31-35H;(H2,1,2,3)/p-2. The van der Waals surface area contributed by atoms with Crippen molar-refractivity contribution in [2.75, 3.05) is 0 Å². The predicted octanol–water partition coefficient (Wildman–Crippen LogP) is 3.46. The lowest BCUT2D eigenvalue weighted by Crippen LogP contribution is -2.06. The van der Waals surface area contributed by atoms with Crippen LogP contribution in [0.5, 0.6) is 34.5 Å². The highest BCUT2D eigenvalue weighted by atomic mass is 32.2.